The predicted octanol–water partition coefficient (Wildman–Crippen LogP) is 1.95. The van der Waals surface area contributed by atoms with Gasteiger partial charge in [-0.05, 0) is 55.6 Å². The summed E-state index contributed by atoms with van der Waals surface area (Å²) in [7, 11) is 1.90. The van der Waals surface area contributed by atoms with Crippen LogP contribution in [0.25, 0.3) is 6.08 Å². The summed E-state index contributed by atoms with van der Waals surface area (Å²) < 4.78 is 0. The van der Waals surface area contributed by atoms with Crippen molar-refractivity contribution < 1.29 is 4.79 Å². The van der Waals surface area contributed by atoms with E-state index < -0.39 is 0 Å². The largest absolute Gasteiger partial charge is 0.388 e. The summed E-state index contributed by atoms with van der Waals surface area (Å²) in [4.78, 5) is 14.5. The molecule has 1 atom stereocenters. The number of piperidine rings is 3. The Morgan fingerprint density at radius 1 is 1.24 bits per heavy atom. The molecule has 3 heterocycles. The Bertz CT molecular complexity index is 515. The van der Waals surface area contributed by atoms with Crippen molar-refractivity contribution in [2.75, 3.05) is 32.0 Å². The first-order valence-electron chi connectivity index (χ1n) is 7.73. The number of rotatable bonds is 4. The van der Waals surface area contributed by atoms with E-state index in [9.17, 15) is 4.79 Å². The zero-order valence-electron chi connectivity index (χ0n) is 12.5. The van der Waals surface area contributed by atoms with Crippen molar-refractivity contribution in [1.29, 1.82) is 0 Å². The molecule has 0 aliphatic carbocycles. The Hall–Kier alpha value is -1.81. The summed E-state index contributed by atoms with van der Waals surface area (Å²) in [5.74, 6) is 0.689. The molecule has 0 saturated carbocycles. The van der Waals surface area contributed by atoms with Crippen LogP contribution in [0.15, 0.2) is 30.3 Å². The fourth-order valence-electron chi connectivity index (χ4n) is 3.29. The van der Waals surface area contributed by atoms with Crippen molar-refractivity contribution in [3.05, 3.63) is 35.9 Å². The molecule has 1 unspecified atom stereocenters. The Balaban J connectivity index is 1.54. The maximum Gasteiger partial charge on any atom is 0.244 e. The van der Waals surface area contributed by atoms with Gasteiger partial charge in [0.1, 0.15) is 0 Å². The number of carbonyl (C=O) groups excluding carboxylic acids is 1. The number of anilines is 1. The third-order valence-corrected chi connectivity index (χ3v) is 4.61. The lowest BCUT2D eigenvalue weighted by molar-refractivity contribution is -0.118. The van der Waals surface area contributed by atoms with Crippen LogP contribution >= 0.6 is 0 Å². The predicted molar refractivity (Wildman–Crippen MR) is 86.1 cm³/mol. The van der Waals surface area contributed by atoms with Gasteiger partial charge in [0.05, 0.1) is 0 Å². The van der Waals surface area contributed by atoms with Crippen molar-refractivity contribution in [3.63, 3.8) is 0 Å². The quantitative estimate of drug-likeness (QED) is 0.831. The number of hydrogen-bond donors (Lipinski definition) is 2. The lowest BCUT2D eigenvalue weighted by Gasteiger charge is -2.44. The van der Waals surface area contributed by atoms with E-state index >= 15 is 0 Å². The third kappa shape index (κ3) is 3.45. The van der Waals surface area contributed by atoms with Crippen LogP contribution in [0.2, 0.25) is 0 Å². The molecule has 3 aliphatic heterocycles. The van der Waals surface area contributed by atoms with Gasteiger partial charge < -0.3 is 15.5 Å². The van der Waals surface area contributed by atoms with E-state index in [1.54, 1.807) is 6.08 Å². The van der Waals surface area contributed by atoms with E-state index in [1.807, 2.05) is 37.4 Å². The SMILES string of the molecule is CNc1ccc(/C=C/C(=O)NC2CN3CCC2CC3)cc1. The molecule has 3 aliphatic rings. The summed E-state index contributed by atoms with van der Waals surface area (Å²) in [5.41, 5.74) is 2.11. The molecule has 4 rings (SSSR count). The van der Waals surface area contributed by atoms with Gasteiger partial charge in [-0.3, -0.25) is 4.79 Å². The Morgan fingerprint density at radius 3 is 2.52 bits per heavy atom. The van der Waals surface area contributed by atoms with Crippen molar-refractivity contribution in [1.82, 2.24) is 10.2 Å². The van der Waals surface area contributed by atoms with E-state index in [2.05, 4.69) is 15.5 Å². The van der Waals surface area contributed by atoms with Crippen LogP contribution in [0, 0.1) is 5.92 Å². The minimum Gasteiger partial charge on any atom is -0.388 e. The van der Waals surface area contributed by atoms with Crippen molar-refractivity contribution in [2.45, 2.75) is 18.9 Å². The standard InChI is InChI=1S/C17H23N3O/c1-18-15-5-2-13(3-6-15)4-7-17(21)19-16-12-20-10-8-14(16)9-11-20/h2-7,14,16,18H,8-12H2,1H3,(H,19,21)/b7-4+. The van der Waals surface area contributed by atoms with Crippen LogP contribution < -0.4 is 10.6 Å². The highest BCUT2D eigenvalue weighted by atomic mass is 16.1. The topological polar surface area (TPSA) is 44.4 Å². The van der Waals surface area contributed by atoms with Crippen LogP contribution in [0.1, 0.15) is 18.4 Å². The highest BCUT2D eigenvalue weighted by Crippen LogP contribution is 2.27. The van der Waals surface area contributed by atoms with Crippen molar-refractivity contribution in [2.24, 2.45) is 5.92 Å². The molecular formula is C17H23N3O. The number of benzene rings is 1. The summed E-state index contributed by atoms with van der Waals surface area (Å²) in [6, 6.07) is 8.35. The summed E-state index contributed by atoms with van der Waals surface area (Å²) in [5, 5.41) is 6.24. The molecule has 2 N–H and O–H groups in total. The molecule has 4 nitrogen and oxygen atoms in total. The average molecular weight is 285 g/mol. The summed E-state index contributed by atoms with van der Waals surface area (Å²) in [6.45, 7) is 3.41. The Labute approximate surface area is 126 Å². The first-order chi connectivity index (χ1) is 10.2. The second-order valence-corrected chi connectivity index (χ2v) is 5.96. The Kier molecular flexibility index (Phi) is 4.25. The minimum atomic E-state index is 0.0199. The van der Waals surface area contributed by atoms with E-state index in [0.717, 1.165) is 17.8 Å². The van der Waals surface area contributed by atoms with Crippen LogP contribution in [0.3, 0.4) is 0 Å². The van der Waals surface area contributed by atoms with Gasteiger partial charge in [0.25, 0.3) is 0 Å². The maximum atomic E-state index is 12.1. The Morgan fingerprint density at radius 2 is 1.95 bits per heavy atom. The van der Waals surface area contributed by atoms with Gasteiger partial charge in [-0.1, -0.05) is 12.1 Å². The van der Waals surface area contributed by atoms with Crippen molar-refractivity contribution >= 4 is 17.7 Å². The number of amides is 1. The molecule has 1 aromatic carbocycles. The number of nitrogens with zero attached hydrogens (tertiary/aromatic N) is 1. The van der Waals surface area contributed by atoms with Gasteiger partial charge in [0.15, 0.2) is 0 Å². The highest BCUT2D eigenvalue weighted by Gasteiger charge is 2.34. The summed E-state index contributed by atoms with van der Waals surface area (Å²) in [6.07, 6.45) is 5.96. The van der Waals surface area contributed by atoms with E-state index in [1.165, 1.54) is 25.9 Å². The normalized spacial score (nSPS) is 27.8. The zero-order valence-corrected chi connectivity index (χ0v) is 12.5. The third-order valence-electron chi connectivity index (χ3n) is 4.61. The lowest BCUT2D eigenvalue weighted by Crippen LogP contribution is -2.57. The zero-order chi connectivity index (χ0) is 14.7. The molecular weight excluding hydrogens is 262 g/mol. The number of hydrogen-bond acceptors (Lipinski definition) is 3. The molecule has 2 bridgehead atoms. The van der Waals surface area contributed by atoms with Crippen LogP contribution in [-0.4, -0.2) is 43.5 Å². The second-order valence-electron chi connectivity index (χ2n) is 5.96. The molecule has 112 valence electrons. The van der Waals surface area contributed by atoms with Gasteiger partial charge in [-0.15, -0.1) is 0 Å². The smallest absolute Gasteiger partial charge is 0.244 e. The molecule has 1 amide bonds. The number of carbonyl (C=O) groups is 1. The number of nitrogens with one attached hydrogen (secondary N) is 2. The van der Waals surface area contributed by atoms with Gasteiger partial charge in [0.2, 0.25) is 5.91 Å². The maximum absolute atomic E-state index is 12.1. The lowest BCUT2D eigenvalue weighted by atomic mass is 9.84. The van der Waals surface area contributed by atoms with Crippen LogP contribution in [0.4, 0.5) is 5.69 Å². The van der Waals surface area contributed by atoms with Crippen LogP contribution in [-0.2, 0) is 4.79 Å². The first kappa shape index (κ1) is 14.1. The van der Waals surface area contributed by atoms with E-state index in [4.69, 9.17) is 0 Å². The average Bonchev–Trinajstić information content (AvgIpc) is 2.54. The van der Waals surface area contributed by atoms with E-state index in [-0.39, 0.29) is 5.91 Å². The summed E-state index contributed by atoms with van der Waals surface area (Å²) >= 11 is 0. The minimum absolute atomic E-state index is 0.0199. The van der Waals surface area contributed by atoms with Gasteiger partial charge in [0, 0.05) is 31.4 Å². The molecule has 3 saturated heterocycles. The fourth-order valence-corrected chi connectivity index (χ4v) is 3.29. The van der Waals surface area contributed by atoms with E-state index in [0.29, 0.717) is 12.0 Å². The molecule has 1 aromatic rings. The van der Waals surface area contributed by atoms with Gasteiger partial charge in [-0.2, -0.15) is 0 Å². The highest BCUT2D eigenvalue weighted by molar-refractivity contribution is 5.92. The molecule has 4 heteroatoms. The molecule has 3 fully saturated rings. The number of fused-ring (bicyclic) bond motifs is 3. The molecule has 0 spiro atoms. The van der Waals surface area contributed by atoms with Crippen LogP contribution in [0.5, 0.6) is 0 Å². The van der Waals surface area contributed by atoms with Gasteiger partial charge in [-0.25, -0.2) is 0 Å². The van der Waals surface area contributed by atoms with Gasteiger partial charge >= 0.3 is 0 Å². The monoisotopic (exact) mass is 285 g/mol. The first-order valence-corrected chi connectivity index (χ1v) is 7.73. The fraction of sp³-hybridized carbons (Fsp3) is 0.471. The molecule has 0 aromatic heterocycles. The molecule has 21 heavy (non-hydrogen) atoms. The second kappa shape index (κ2) is 6.31. The molecule has 0 radical (unpaired) electrons. The van der Waals surface area contributed by atoms with Crippen molar-refractivity contribution in [3.8, 4) is 0 Å².